The van der Waals surface area contributed by atoms with Gasteiger partial charge >= 0.3 is 12.0 Å². The number of benzene rings is 1. The molecule has 0 aliphatic heterocycles. The molecule has 1 aromatic carbocycles. The van der Waals surface area contributed by atoms with Crippen LogP contribution in [-0.2, 0) is 4.79 Å². The minimum absolute atomic E-state index is 0.0512. The van der Waals surface area contributed by atoms with Crippen LogP contribution in [0.25, 0.3) is 10.9 Å². The number of anilines is 1. The number of nitrogens with one attached hydrogen (secondary N) is 3. The highest BCUT2D eigenvalue weighted by molar-refractivity contribution is 6.00. The number of urea groups is 1. The number of amides is 2. The Morgan fingerprint density at radius 1 is 1.33 bits per heavy atom. The van der Waals surface area contributed by atoms with Crippen LogP contribution in [0.4, 0.5) is 10.5 Å². The largest absolute Gasteiger partial charge is 0.480 e. The summed E-state index contributed by atoms with van der Waals surface area (Å²) >= 11 is 0. The van der Waals surface area contributed by atoms with E-state index in [-0.39, 0.29) is 24.7 Å². The van der Waals surface area contributed by atoms with Gasteiger partial charge in [0.2, 0.25) is 0 Å². The lowest BCUT2D eigenvalue weighted by atomic mass is 9.85. The molecule has 0 unspecified atom stereocenters. The van der Waals surface area contributed by atoms with E-state index in [0.29, 0.717) is 6.54 Å². The minimum atomic E-state index is -0.814. The third kappa shape index (κ3) is 3.51. The van der Waals surface area contributed by atoms with Crippen molar-refractivity contribution in [1.82, 2.24) is 15.2 Å². The quantitative estimate of drug-likeness (QED) is 0.653. The van der Waals surface area contributed by atoms with Gasteiger partial charge in [-0.25, -0.2) is 4.79 Å². The third-order valence-electron chi connectivity index (χ3n) is 4.55. The van der Waals surface area contributed by atoms with Gasteiger partial charge in [0.15, 0.2) is 0 Å². The molecule has 7 nitrogen and oxygen atoms in total. The predicted octanol–water partition coefficient (Wildman–Crippen LogP) is 2.23. The SMILES string of the molecule is CCN(CC(=O)O)C1CC(NC(=O)Nc2cccc3[nH]ccc23)C1. The van der Waals surface area contributed by atoms with Gasteiger partial charge < -0.3 is 20.7 Å². The molecule has 128 valence electrons. The molecule has 1 fully saturated rings. The van der Waals surface area contributed by atoms with Crippen molar-refractivity contribution in [2.75, 3.05) is 18.4 Å². The van der Waals surface area contributed by atoms with Crippen molar-refractivity contribution in [3.05, 3.63) is 30.5 Å². The van der Waals surface area contributed by atoms with Crippen LogP contribution in [0.2, 0.25) is 0 Å². The topological polar surface area (TPSA) is 97.5 Å². The second kappa shape index (κ2) is 6.92. The molecule has 2 aromatic rings. The zero-order valence-corrected chi connectivity index (χ0v) is 13.6. The van der Waals surface area contributed by atoms with Gasteiger partial charge in [0.1, 0.15) is 0 Å². The predicted molar refractivity (Wildman–Crippen MR) is 92.1 cm³/mol. The maximum Gasteiger partial charge on any atom is 0.319 e. The molecule has 0 bridgehead atoms. The third-order valence-corrected chi connectivity index (χ3v) is 4.55. The van der Waals surface area contributed by atoms with Gasteiger partial charge in [-0.15, -0.1) is 0 Å². The number of aliphatic carboxylic acids is 1. The summed E-state index contributed by atoms with van der Waals surface area (Å²) in [5.74, 6) is -0.814. The summed E-state index contributed by atoms with van der Waals surface area (Å²) in [5, 5.41) is 15.7. The molecule has 0 atom stereocenters. The Morgan fingerprint density at radius 2 is 2.12 bits per heavy atom. The van der Waals surface area contributed by atoms with Crippen molar-refractivity contribution in [3.8, 4) is 0 Å². The number of rotatable bonds is 6. The molecule has 1 saturated carbocycles. The van der Waals surface area contributed by atoms with E-state index in [9.17, 15) is 9.59 Å². The molecule has 2 amide bonds. The molecular weight excluding hydrogens is 308 g/mol. The monoisotopic (exact) mass is 330 g/mol. The number of hydrogen-bond acceptors (Lipinski definition) is 3. The lowest BCUT2D eigenvalue weighted by molar-refractivity contribution is -0.139. The summed E-state index contributed by atoms with van der Waals surface area (Å²) in [4.78, 5) is 28.0. The van der Waals surface area contributed by atoms with Crippen LogP contribution in [-0.4, -0.2) is 52.2 Å². The summed E-state index contributed by atoms with van der Waals surface area (Å²) in [5.41, 5.74) is 1.74. The number of aromatic nitrogens is 1. The van der Waals surface area contributed by atoms with Crippen LogP contribution in [0, 0.1) is 0 Å². The molecule has 0 saturated heterocycles. The van der Waals surface area contributed by atoms with Crippen molar-refractivity contribution in [1.29, 1.82) is 0 Å². The molecule has 0 radical (unpaired) electrons. The summed E-state index contributed by atoms with van der Waals surface area (Å²) in [6, 6.07) is 7.72. The van der Waals surface area contributed by atoms with Crippen molar-refractivity contribution >= 4 is 28.6 Å². The molecule has 3 rings (SSSR count). The number of likely N-dealkylation sites (N-methyl/N-ethyl adjacent to an activating group) is 1. The van der Waals surface area contributed by atoms with Crippen molar-refractivity contribution in [2.24, 2.45) is 0 Å². The Morgan fingerprint density at radius 3 is 2.83 bits per heavy atom. The average Bonchev–Trinajstić information content (AvgIpc) is 2.98. The smallest absolute Gasteiger partial charge is 0.319 e. The van der Waals surface area contributed by atoms with Crippen LogP contribution >= 0.6 is 0 Å². The zero-order valence-electron chi connectivity index (χ0n) is 13.6. The summed E-state index contributed by atoms with van der Waals surface area (Å²) < 4.78 is 0. The maximum atomic E-state index is 12.2. The minimum Gasteiger partial charge on any atom is -0.480 e. The lowest BCUT2D eigenvalue weighted by Crippen LogP contribution is -2.55. The highest BCUT2D eigenvalue weighted by Crippen LogP contribution is 2.26. The fourth-order valence-electron chi connectivity index (χ4n) is 3.21. The average molecular weight is 330 g/mol. The second-order valence-electron chi connectivity index (χ2n) is 6.12. The fraction of sp³-hybridized carbons (Fsp3) is 0.412. The summed E-state index contributed by atoms with van der Waals surface area (Å²) in [7, 11) is 0. The standard InChI is InChI=1S/C17H22N4O3/c1-2-21(10-16(22)23)12-8-11(9-12)19-17(24)20-15-5-3-4-14-13(15)6-7-18-14/h3-7,11-12,18H,2,8-10H2,1H3,(H,22,23)(H2,19,20,24). The van der Waals surface area contributed by atoms with Gasteiger partial charge in [-0.2, -0.15) is 0 Å². The van der Waals surface area contributed by atoms with Crippen LogP contribution in [0.1, 0.15) is 19.8 Å². The Bertz CT molecular complexity index is 736. The number of carboxylic acid groups (broad SMARTS) is 1. The van der Waals surface area contributed by atoms with E-state index < -0.39 is 5.97 Å². The number of nitrogens with zero attached hydrogens (tertiary/aromatic N) is 1. The number of H-pyrrole nitrogens is 1. The molecule has 7 heteroatoms. The number of carboxylic acids is 1. The Hall–Kier alpha value is -2.54. The van der Waals surface area contributed by atoms with Gasteiger partial charge in [0, 0.05) is 29.2 Å². The number of aromatic amines is 1. The Labute approximate surface area is 140 Å². The fourth-order valence-corrected chi connectivity index (χ4v) is 3.21. The first-order valence-electron chi connectivity index (χ1n) is 8.16. The Balaban J connectivity index is 1.50. The van der Waals surface area contributed by atoms with Crippen LogP contribution in [0.3, 0.4) is 0 Å². The van der Waals surface area contributed by atoms with Gasteiger partial charge in [-0.05, 0) is 37.6 Å². The molecule has 4 N–H and O–H groups in total. The first-order valence-corrected chi connectivity index (χ1v) is 8.16. The molecule has 1 aromatic heterocycles. The first-order chi connectivity index (χ1) is 11.6. The number of carbonyl (C=O) groups excluding carboxylic acids is 1. The van der Waals surface area contributed by atoms with E-state index in [1.807, 2.05) is 42.3 Å². The first kappa shape index (κ1) is 16.3. The zero-order chi connectivity index (χ0) is 17.1. The second-order valence-corrected chi connectivity index (χ2v) is 6.12. The van der Waals surface area contributed by atoms with Gasteiger partial charge in [0.25, 0.3) is 0 Å². The van der Waals surface area contributed by atoms with E-state index in [0.717, 1.165) is 29.4 Å². The lowest BCUT2D eigenvalue weighted by Gasteiger charge is -2.42. The summed E-state index contributed by atoms with van der Waals surface area (Å²) in [6.07, 6.45) is 3.40. The van der Waals surface area contributed by atoms with Gasteiger partial charge in [-0.1, -0.05) is 13.0 Å². The van der Waals surface area contributed by atoms with Crippen LogP contribution in [0.5, 0.6) is 0 Å². The van der Waals surface area contributed by atoms with E-state index in [2.05, 4.69) is 15.6 Å². The van der Waals surface area contributed by atoms with Gasteiger partial charge in [-0.3, -0.25) is 9.69 Å². The van der Waals surface area contributed by atoms with E-state index in [4.69, 9.17) is 5.11 Å². The molecule has 1 aliphatic rings. The van der Waals surface area contributed by atoms with Crippen LogP contribution in [0.15, 0.2) is 30.5 Å². The van der Waals surface area contributed by atoms with Gasteiger partial charge in [0.05, 0.1) is 12.2 Å². The number of hydrogen-bond donors (Lipinski definition) is 4. The van der Waals surface area contributed by atoms with E-state index in [1.54, 1.807) is 0 Å². The number of fused-ring (bicyclic) bond motifs is 1. The summed E-state index contributed by atoms with van der Waals surface area (Å²) in [6.45, 7) is 2.70. The highest BCUT2D eigenvalue weighted by Gasteiger charge is 2.34. The highest BCUT2D eigenvalue weighted by atomic mass is 16.4. The molecule has 1 heterocycles. The van der Waals surface area contributed by atoms with Crippen molar-refractivity contribution in [3.63, 3.8) is 0 Å². The van der Waals surface area contributed by atoms with Crippen LogP contribution < -0.4 is 10.6 Å². The molecule has 24 heavy (non-hydrogen) atoms. The van der Waals surface area contributed by atoms with E-state index in [1.165, 1.54) is 0 Å². The molecule has 1 aliphatic carbocycles. The molecule has 0 spiro atoms. The van der Waals surface area contributed by atoms with Crippen molar-refractivity contribution in [2.45, 2.75) is 31.8 Å². The van der Waals surface area contributed by atoms with Crippen molar-refractivity contribution < 1.29 is 14.7 Å². The maximum absolute atomic E-state index is 12.2. The number of carbonyl (C=O) groups is 2. The van der Waals surface area contributed by atoms with E-state index >= 15 is 0 Å². The normalized spacial score (nSPS) is 19.9. The Kier molecular flexibility index (Phi) is 4.71. The molecular formula is C17H22N4O3.